The lowest BCUT2D eigenvalue weighted by atomic mass is 10.1. The average molecular weight is 476 g/mol. The highest BCUT2D eigenvalue weighted by Gasteiger charge is 2.16. The van der Waals surface area contributed by atoms with E-state index in [0.717, 1.165) is 0 Å². The van der Waals surface area contributed by atoms with E-state index < -0.39 is 0 Å². The van der Waals surface area contributed by atoms with Gasteiger partial charge in [0.2, 0.25) is 0 Å². The molecule has 0 aromatic carbocycles. The highest BCUT2D eigenvalue weighted by atomic mass is 15.1. The van der Waals surface area contributed by atoms with Gasteiger partial charge >= 0.3 is 0 Å². The van der Waals surface area contributed by atoms with Crippen molar-refractivity contribution in [3.05, 3.63) is 18.2 Å². The Morgan fingerprint density at radius 1 is 0.500 bits per heavy atom. The van der Waals surface area contributed by atoms with Gasteiger partial charge in [-0.15, -0.1) is 0 Å². The Bertz CT molecular complexity index is 533. The molecule has 2 nitrogen and oxygen atoms in total. The van der Waals surface area contributed by atoms with E-state index in [0.29, 0.717) is 0 Å². The molecular weight excluding hydrogens is 412 g/mol. The third-order valence-electron chi connectivity index (χ3n) is 7.60. The van der Waals surface area contributed by atoms with Gasteiger partial charge in [0.1, 0.15) is 12.4 Å². The number of aryl methyl sites for hydroxylation is 2. The summed E-state index contributed by atoms with van der Waals surface area (Å²) in [5.74, 6) is 1.61. The van der Waals surface area contributed by atoms with Crippen molar-refractivity contribution in [3.63, 3.8) is 0 Å². The minimum Gasteiger partial charge on any atom is -0.234 e. The van der Waals surface area contributed by atoms with Gasteiger partial charge in [-0.2, -0.15) is 0 Å². The van der Waals surface area contributed by atoms with Crippen molar-refractivity contribution in [2.24, 2.45) is 0 Å². The second-order valence-electron chi connectivity index (χ2n) is 10.9. The van der Waals surface area contributed by atoms with E-state index in [1.54, 1.807) is 5.82 Å². The van der Waals surface area contributed by atoms with Crippen LogP contribution < -0.4 is 4.57 Å². The second-order valence-corrected chi connectivity index (χ2v) is 10.9. The fourth-order valence-electron chi connectivity index (χ4n) is 5.26. The van der Waals surface area contributed by atoms with Gasteiger partial charge in [0.15, 0.2) is 0 Å². The van der Waals surface area contributed by atoms with Gasteiger partial charge in [-0.25, -0.2) is 9.13 Å². The molecular formula is C32H63N2+. The van der Waals surface area contributed by atoms with Gasteiger partial charge in [-0.3, -0.25) is 0 Å². The summed E-state index contributed by atoms with van der Waals surface area (Å²) in [5, 5.41) is 0. The minimum atomic E-state index is 1.22. The van der Waals surface area contributed by atoms with E-state index in [9.17, 15) is 0 Å². The topological polar surface area (TPSA) is 8.81 Å². The van der Waals surface area contributed by atoms with Crippen molar-refractivity contribution in [2.75, 3.05) is 0 Å². The van der Waals surface area contributed by atoms with E-state index >= 15 is 0 Å². The van der Waals surface area contributed by atoms with Crippen LogP contribution in [0.4, 0.5) is 0 Å². The zero-order valence-corrected chi connectivity index (χ0v) is 23.9. The van der Waals surface area contributed by atoms with Crippen LogP contribution in [-0.4, -0.2) is 4.57 Å². The van der Waals surface area contributed by atoms with Crippen molar-refractivity contribution in [3.8, 4) is 0 Å². The Kier molecular flexibility index (Phi) is 22.0. The molecule has 0 spiro atoms. The maximum Gasteiger partial charge on any atom is 0.256 e. The first-order valence-electron chi connectivity index (χ1n) is 15.9. The first-order valence-corrected chi connectivity index (χ1v) is 15.9. The molecule has 0 amide bonds. The van der Waals surface area contributed by atoms with E-state index in [1.807, 2.05) is 0 Å². The van der Waals surface area contributed by atoms with Crippen molar-refractivity contribution in [2.45, 2.75) is 188 Å². The van der Waals surface area contributed by atoms with Crippen LogP contribution in [0, 0.1) is 0 Å². The number of aromatic nitrogens is 2. The summed E-state index contributed by atoms with van der Waals surface area (Å²) >= 11 is 0. The SMILES string of the molecule is CCCCCCCCCCCCCC[n+]1ccn(CCCCCCC)c1CCCCCCCC. The molecule has 0 N–H and O–H groups in total. The standard InChI is InChI=1S/C32H63N2/c1-4-7-10-13-15-16-17-18-19-20-23-26-29-34-31-30-33(28-25-22-12-9-6-3)32(34)27-24-21-14-11-8-5-2/h30-31H,4-29H2,1-3H3/q+1. The molecule has 0 aliphatic heterocycles. The number of hydrogen-bond acceptors (Lipinski definition) is 0. The molecule has 34 heavy (non-hydrogen) atoms. The lowest BCUT2D eigenvalue weighted by Gasteiger charge is -2.07. The molecule has 1 heterocycles. The van der Waals surface area contributed by atoms with Gasteiger partial charge in [0.25, 0.3) is 5.82 Å². The van der Waals surface area contributed by atoms with Crippen LogP contribution in [0.2, 0.25) is 0 Å². The summed E-state index contributed by atoms with van der Waals surface area (Å²) in [4.78, 5) is 0. The Morgan fingerprint density at radius 3 is 1.41 bits per heavy atom. The largest absolute Gasteiger partial charge is 0.256 e. The van der Waals surface area contributed by atoms with Crippen LogP contribution >= 0.6 is 0 Å². The molecule has 1 aromatic heterocycles. The summed E-state index contributed by atoms with van der Waals surface area (Å²) in [6.07, 6.45) is 38.5. The summed E-state index contributed by atoms with van der Waals surface area (Å²) in [7, 11) is 0. The summed E-state index contributed by atoms with van der Waals surface area (Å²) in [6, 6.07) is 0. The average Bonchev–Trinajstić information content (AvgIpc) is 3.23. The minimum absolute atomic E-state index is 1.22. The summed E-state index contributed by atoms with van der Waals surface area (Å²) < 4.78 is 5.20. The summed E-state index contributed by atoms with van der Waals surface area (Å²) in [6.45, 7) is 9.38. The predicted octanol–water partition coefficient (Wildman–Crippen LogP) is 10.4. The van der Waals surface area contributed by atoms with Crippen LogP contribution in [0.1, 0.15) is 174 Å². The molecule has 1 rings (SSSR count). The van der Waals surface area contributed by atoms with Crippen molar-refractivity contribution >= 4 is 0 Å². The Hall–Kier alpha value is -0.790. The molecule has 2 heteroatoms. The van der Waals surface area contributed by atoms with E-state index in [1.165, 1.54) is 167 Å². The predicted molar refractivity (Wildman–Crippen MR) is 152 cm³/mol. The molecule has 0 saturated carbocycles. The lowest BCUT2D eigenvalue weighted by Crippen LogP contribution is -2.37. The Balaban J connectivity index is 2.28. The molecule has 0 aliphatic carbocycles. The van der Waals surface area contributed by atoms with Gasteiger partial charge in [-0.05, 0) is 32.1 Å². The number of nitrogens with zero attached hydrogens (tertiary/aromatic N) is 2. The van der Waals surface area contributed by atoms with Crippen LogP contribution in [-0.2, 0) is 19.5 Å². The zero-order valence-electron chi connectivity index (χ0n) is 23.9. The Morgan fingerprint density at radius 2 is 0.912 bits per heavy atom. The van der Waals surface area contributed by atoms with Gasteiger partial charge in [0.05, 0.1) is 13.1 Å². The third-order valence-corrected chi connectivity index (χ3v) is 7.60. The normalized spacial score (nSPS) is 11.5. The quantitative estimate of drug-likeness (QED) is 0.0930. The highest BCUT2D eigenvalue weighted by Crippen LogP contribution is 2.13. The highest BCUT2D eigenvalue weighted by molar-refractivity contribution is 4.84. The molecule has 0 radical (unpaired) electrons. The molecule has 0 bridgehead atoms. The monoisotopic (exact) mass is 475 g/mol. The number of hydrogen-bond donors (Lipinski definition) is 0. The van der Waals surface area contributed by atoms with Gasteiger partial charge in [-0.1, -0.05) is 136 Å². The van der Waals surface area contributed by atoms with E-state index in [4.69, 9.17) is 0 Å². The first kappa shape index (κ1) is 31.2. The number of rotatable bonds is 26. The van der Waals surface area contributed by atoms with Crippen LogP contribution in [0.25, 0.3) is 0 Å². The Labute approximate surface area is 215 Å². The molecule has 0 unspecified atom stereocenters. The molecule has 0 aliphatic rings. The smallest absolute Gasteiger partial charge is 0.234 e. The maximum absolute atomic E-state index is 2.61. The van der Waals surface area contributed by atoms with Crippen LogP contribution in [0.5, 0.6) is 0 Å². The van der Waals surface area contributed by atoms with Crippen molar-refractivity contribution < 1.29 is 4.57 Å². The second kappa shape index (κ2) is 23.9. The van der Waals surface area contributed by atoms with Crippen molar-refractivity contribution in [1.82, 2.24) is 4.57 Å². The molecule has 200 valence electrons. The van der Waals surface area contributed by atoms with E-state index in [2.05, 4.69) is 42.3 Å². The van der Waals surface area contributed by atoms with Gasteiger partial charge in [0, 0.05) is 6.42 Å². The fraction of sp³-hybridized carbons (Fsp3) is 0.906. The summed E-state index contributed by atoms with van der Waals surface area (Å²) in [5.41, 5.74) is 0. The van der Waals surface area contributed by atoms with Crippen LogP contribution in [0.3, 0.4) is 0 Å². The van der Waals surface area contributed by atoms with Gasteiger partial charge < -0.3 is 0 Å². The molecule has 0 saturated heterocycles. The zero-order chi connectivity index (χ0) is 24.5. The number of unbranched alkanes of at least 4 members (excludes halogenated alkanes) is 20. The van der Waals surface area contributed by atoms with E-state index in [-0.39, 0.29) is 0 Å². The van der Waals surface area contributed by atoms with Crippen LogP contribution in [0.15, 0.2) is 12.4 Å². The fourth-order valence-corrected chi connectivity index (χ4v) is 5.26. The molecule has 1 aromatic rings. The first-order chi connectivity index (χ1) is 16.8. The van der Waals surface area contributed by atoms with Crippen molar-refractivity contribution in [1.29, 1.82) is 0 Å². The molecule has 0 atom stereocenters. The third kappa shape index (κ3) is 16.8. The lowest BCUT2D eigenvalue weighted by molar-refractivity contribution is -0.704. The number of imidazole rings is 1. The maximum atomic E-state index is 2.61. The molecule has 0 fully saturated rings.